The number of ether oxygens (including phenoxy) is 2. The topological polar surface area (TPSA) is 129 Å². The Labute approximate surface area is 270 Å². The summed E-state index contributed by atoms with van der Waals surface area (Å²) in [7, 11) is 0. The van der Waals surface area contributed by atoms with E-state index in [1.165, 1.54) is 0 Å². The minimum Gasteiger partial charge on any atom is -0.494 e. The van der Waals surface area contributed by atoms with Crippen LogP contribution in [0.25, 0.3) is 10.4 Å². The fourth-order valence-corrected chi connectivity index (χ4v) is 5.60. The van der Waals surface area contributed by atoms with E-state index in [9.17, 15) is 4.79 Å². The highest BCUT2D eigenvalue weighted by molar-refractivity contribution is 9.10. The summed E-state index contributed by atoms with van der Waals surface area (Å²) in [6, 6.07) is 32.7. The van der Waals surface area contributed by atoms with E-state index >= 15 is 0 Å². The second kappa shape index (κ2) is 15.4. The number of aliphatic hydroxyl groups is 1. The molecule has 4 aromatic rings. The van der Waals surface area contributed by atoms with Crippen LogP contribution in [-0.2, 0) is 28.9 Å². The standard InChI is InChI=1S/C35H34BrN5O4/c36-29-15-11-26(12-16-29)23-35(34(43)38-20-19-25-7-2-1-3-8-25)32(31-10-5-4-9-28(31)24-39-41-37)45-33(40-35)27-13-17-30(18-14-27)44-22-6-21-42/h1-5,7-18,32,42H,6,19-24H2,(H,38,43)/t32-,35-/m1/s1. The van der Waals surface area contributed by atoms with Crippen LogP contribution in [0.15, 0.2) is 118 Å². The van der Waals surface area contributed by atoms with Crippen LogP contribution >= 0.6 is 15.9 Å². The Morgan fingerprint density at radius 1 is 1.00 bits per heavy atom. The molecule has 5 rings (SSSR count). The molecule has 0 unspecified atom stereocenters. The van der Waals surface area contributed by atoms with Crippen LogP contribution in [0, 0.1) is 0 Å². The molecule has 9 nitrogen and oxygen atoms in total. The number of amides is 1. The van der Waals surface area contributed by atoms with Gasteiger partial charge in [-0.25, -0.2) is 4.99 Å². The number of aliphatic hydroxyl groups excluding tert-OH is 1. The van der Waals surface area contributed by atoms with Gasteiger partial charge in [-0.15, -0.1) is 0 Å². The van der Waals surface area contributed by atoms with Crippen molar-refractivity contribution in [2.24, 2.45) is 10.1 Å². The molecule has 1 aliphatic rings. The summed E-state index contributed by atoms with van der Waals surface area (Å²) in [5, 5.41) is 16.0. The normalized spacial score (nSPS) is 17.1. The molecule has 0 saturated heterocycles. The van der Waals surface area contributed by atoms with Gasteiger partial charge in [0.25, 0.3) is 5.91 Å². The van der Waals surface area contributed by atoms with Crippen molar-refractivity contribution in [1.29, 1.82) is 0 Å². The van der Waals surface area contributed by atoms with Gasteiger partial charge in [0.05, 0.1) is 13.2 Å². The molecule has 0 aliphatic carbocycles. The highest BCUT2D eigenvalue weighted by Crippen LogP contribution is 2.44. The zero-order chi connectivity index (χ0) is 31.5. The van der Waals surface area contributed by atoms with Gasteiger partial charge in [-0.1, -0.05) is 87.8 Å². The summed E-state index contributed by atoms with van der Waals surface area (Å²) in [5.41, 5.74) is 11.9. The van der Waals surface area contributed by atoms with E-state index in [-0.39, 0.29) is 25.5 Å². The molecule has 0 fully saturated rings. The zero-order valence-electron chi connectivity index (χ0n) is 24.7. The van der Waals surface area contributed by atoms with Crippen LogP contribution in [0.1, 0.15) is 40.3 Å². The van der Waals surface area contributed by atoms with Gasteiger partial charge in [0.1, 0.15) is 5.75 Å². The predicted octanol–water partition coefficient (Wildman–Crippen LogP) is 6.88. The number of rotatable bonds is 14. The molecule has 2 atom stereocenters. The molecule has 1 heterocycles. The number of nitrogens with one attached hydrogen (secondary N) is 1. The lowest BCUT2D eigenvalue weighted by atomic mass is 9.80. The maximum Gasteiger partial charge on any atom is 0.252 e. The minimum absolute atomic E-state index is 0.0547. The maximum atomic E-state index is 14.5. The Hall–Kier alpha value is -4.63. The molecule has 0 aromatic heterocycles. The van der Waals surface area contributed by atoms with Crippen molar-refractivity contribution < 1.29 is 19.4 Å². The highest BCUT2D eigenvalue weighted by atomic mass is 79.9. The minimum atomic E-state index is -1.37. The Morgan fingerprint density at radius 3 is 2.47 bits per heavy atom. The molecule has 10 heteroatoms. The van der Waals surface area contributed by atoms with Crippen molar-refractivity contribution in [2.45, 2.75) is 37.5 Å². The van der Waals surface area contributed by atoms with Crippen molar-refractivity contribution in [3.63, 3.8) is 0 Å². The lowest BCUT2D eigenvalue weighted by Crippen LogP contribution is -2.50. The SMILES string of the molecule is [N-]=[N+]=NCc1ccccc1[C@H]1OC(c2ccc(OCCCO)cc2)=N[C@@]1(Cc1ccc(Br)cc1)C(=O)NCCc1ccccc1. The third-order valence-electron chi connectivity index (χ3n) is 7.60. The maximum absolute atomic E-state index is 14.5. The van der Waals surface area contributed by atoms with E-state index < -0.39 is 11.6 Å². The Balaban J connectivity index is 1.56. The lowest BCUT2D eigenvalue weighted by Gasteiger charge is -2.32. The third-order valence-corrected chi connectivity index (χ3v) is 8.13. The first-order valence-corrected chi connectivity index (χ1v) is 15.6. The van der Waals surface area contributed by atoms with Gasteiger partial charge in [0.15, 0.2) is 11.6 Å². The molecule has 230 valence electrons. The quantitative estimate of drug-likeness (QED) is 0.0657. The molecule has 1 aliphatic heterocycles. The molecule has 1 amide bonds. The number of hydrogen-bond acceptors (Lipinski definition) is 6. The third kappa shape index (κ3) is 7.91. The number of carbonyl (C=O) groups is 1. The fourth-order valence-electron chi connectivity index (χ4n) is 5.33. The summed E-state index contributed by atoms with van der Waals surface area (Å²) >= 11 is 3.51. The van der Waals surface area contributed by atoms with E-state index in [1.54, 1.807) is 0 Å². The number of benzene rings is 4. The van der Waals surface area contributed by atoms with Crippen LogP contribution in [0.2, 0.25) is 0 Å². The monoisotopic (exact) mass is 667 g/mol. The molecule has 0 radical (unpaired) electrons. The van der Waals surface area contributed by atoms with Crippen molar-refractivity contribution >= 4 is 27.7 Å². The summed E-state index contributed by atoms with van der Waals surface area (Å²) in [6.45, 7) is 0.977. The first-order chi connectivity index (χ1) is 22.0. The van der Waals surface area contributed by atoms with Gasteiger partial charge >= 0.3 is 0 Å². The number of halogens is 1. The summed E-state index contributed by atoms with van der Waals surface area (Å²) in [5.74, 6) is 0.724. The van der Waals surface area contributed by atoms with E-state index in [0.29, 0.717) is 43.2 Å². The fraction of sp³-hybridized carbons (Fsp3) is 0.257. The first kappa shape index (κ1) is 31.8. The number of azide groups is 1. The van der Waals surface area contributed by atoms with Crippen LogP contribution in [0.4, 0.5) is 0 Å². The van der Waals surface area contributed by atoms with Gasteiger partial charge in [0, 0.05) is 40.9 Å². The van der Waals surface area contributed by atoms with E-state index in [1.807, 2.05) is 103 Å². The lowest BCUT2D eigenvalue weighted by molar-refractivity contribution is -0.128. The predicted molar refractivity (Wildman–Crippen MR) is 177 cm³/mol. The first-order valence-electron chi connectivity index (χ1n) is 14.8. The van der Waals surface area contributed by atoms with E-state index in [0.717, 1.165) is 26.7 Å². The van der Waals surface area contributed by atoms with Crippen LogP contribution in [-0.4, -0.2) is 42.2 Å². The Morgan fingerprint density at radius 2 is 1.73 bits per heavy atom. The largest absolute Gasteiger partial charge is 0.494 e. The van der Waals surface area contributed by atoms with Gasteiger partial charge in [0.2, 0.25) is 5.90 Å². The molecule has 4 aromatic carbocycles. The molecule has 0 saturated carbocycles. The van der Waals surface area contributed by atoms with Gasteiger partial charge in [-0.3, -0.25) is 4.79 Å². The number of carbonyl (C=O) groups excluding carboxylic acids is 1. The summed E-state index contributed by atoms with van der Waals surface area (Å²) in [6.07, 6.45) is 0.656. The van der Waals surface area contributed by atoms with Crippen molar-refractivity contribution in [3.05, 3.63) is 146 Å². The average Bonchev–Trinajstić information content (AvgIpc) is 3.46. The van der Waals surface area contributed by atoms with Gasteiger partial charge in [-0.2, -0.15) is 0 Å². The molecular weight excluding hydrogens is 634 g/mol. The van der Waals surface area contributed by atoms with E-state index in [2.05, 4.69) is 31.3 Å². The molecule has 2 N–H and O–H groups in total. The zero-order valence-corrected chi connectivity index (χ0v) is 26.3. The van der Waals surface area contributed by atoms with E-state index in [4.69, 9.17) is 25.1 Å². The Kier molecular flexibility index (Phi) is 10.9. The van der Waals surface area contributed by atoms with Gasteiger partial charge in [-0.05, 0) is 70.6 Å². The van der Waals surface area contributed by atoms with Crippen LogP contribution < -0.4 is 10.1 Å². The van der Waals surface area contributed by atoms with Crippen LogP contribution in [0.3, 0.4) is 0 Å². The molecule has 0 spiro atoms. The molecule has 45 heavy (non-hydrogen) atoms. The van der Waals surface area contributed by atoms with Crippen LogP contribution in [0.5, 0.6) is 5.75 Å². The van der Waals surface area contributed by atoms with Crippen molar-refractivity contribution in [1.82, 2.24) is 5.32 Å². The summed E-state index contributed by atoms with van der Waals surface area (Å²) in [4.78, 5) is 22.6. The molecular formula is C35H34BrN5O4. The highest BCUT2D eigenvalue weighted by Gasteiger charge is 2.53. The molecule has 0 bridgehead atoms. The van der Waals surface area contributed by atoms with Crippen molar-refractivity contribution in [2.75, 3.05) is 19.8 Å². The second-order valence-electron chi connectivity index (χ2n) is 10.7. The average molecular weight is 669 g/mol. The number of aliphatic imine (C=N–C) groups is 1. The smallest absolute Gasteiger partial charge is 0.252 e. The number of hydrogen-bond donors (Lipinski definition) is 2. The number of nitrogens with zero attached hydrogens (tertiary/aromatic N) is 4. The Bertz CT molecular complexity index is 1660. The van der Waals surface area contributed by atoms with Crippen molar-refractivity contribution in [3.8, 4) is 5.75 Å². The second-order valence-corrected chi connectivity index (χ2v) is 11.6. The van der Waals surface area contributed by atoms with Gasteiger partial charge < -0.3 is 19.9 Å². The summed E-state index contributed by atoms with van der Waals surface area (Å²) < 4.78 is 13.3.